The van der Waals surface area contributed by atoms with Gasteiger partial charge in [0.25, 0.3) is 5.91 Å². The standard InChI is InChI=1S/C32H35BrN4O2/c33-28-8-6-24(7-9-28)20-36-19-14-32(31(36)39)12-17-35(18-13-32)21-27-22-37(30(38)26-10-15-34-16-11-26)23-29(27)25-4-2-1-3-5-25/h1-11,15-16,27,29H,12-14,17-23H2. The van der Waals surface area contributed by atoms with Crippen molar-refractivity contribution in [2.24, 2.45) is 11.3 Å². The number of hydrogen-bond donors (Lipinski definition) is 0. The molecule has 3 aliphatic rings. The summed E-state index contributed by atoms with van der Waals surface area (Å²) in [6, 6.07) is 22.5. The molecule has 3 aromatic rings. The summed E-state index contributed by atoms with van der Waals surface area (Å²) in [5.74, 6) is 1.09. The Balaban J connectivity index is 1.10. The predicted molar refractivity (Wildman–Crippen MR) is 155 cm³/mol. The summed E-state index contributed by atoms with van der Waals surface area (Å²) in [5.41, 5.74) is 2.98. The predicted octanol–water partition coefficient (Wildman–Crippen LogP) is 5.21. The molecular formula is C32H35BrN4O2. The topological polar surface area (TPSA) is 56.8 Å². The molecule has 2 unspecified atom stereocenters. The van der Waals surface area contributed by atoms with Gasteiger partial charge in [0.15, 0.2) is 0 Å². The Kier molecular flexibility index (Phi) is 7.54. The summed E-state index contributed by atoms with van der Waals surface area (Å²) in [6.45, 7) is 5.85. The van der Waals surface area contributed by atoms with Gasteiger partial charge in [-0.05, 0) is 73.7 Å². The van der Waals surface area contributed by atoms with Crippen molar-refractivity contribution in [1.82, 2.24) is 19.7 Å². The maximum absolute atomic E-state index is 13.5. The van der Waals surface area contributed by atoms with Crippen LogP contribution in [0.4, 0.5) is 0 Å². The second-order valence-corrected chi connectivity index (χ2v) is 12.3. The molecule has 2 atom stereocenters. The van der Waals surface area contributed by atoms with Crippen LogP contribution in [0.15, 0.2) is 83.6 Å². The number of benzene rings is 2. The Bertz CT molecular complexity index is 1290. The summed E-state index contributed by atoms with van der Waals surface area (Å²) >= 11 is 3.50. The van der Waals surface area contributed by atoms with Crippen LogP contribution in [0.3, 0.4) is 0 Å². The molecule has 7 heteroatoms. The summed E-state index contributed by atoms with van der Waals surface area (Å²) in [5, 5.41) is 0. The lowest BCUT2D eigenvalue weighted by Gasteiger charge is -2.39. The molecule has 0 saturated carbocycles. The molecule has 0 aliphatic carbocycles. The first-order valence-corrected chi connectivity index (χ1v) is 14.8. The Hall–Kier alpha value is -3.03. The second-order valence-electron chi connectivity index (χ2n) is 11.4. The van der Waals surface area contributed by atoms with E-state index in [1.54, 1.807) is 24.5 Å². The lowest BCUT2D eigenvalue weighted by atomic mass is 9.76. The summed E-state index contributed by atoms with van der Waals surface area (Å²) in [4.78, 5) is 37.5. The van der Waals surface area contributed by atoms with Gasteiger partial charge in [-0.1, -0.05) is 58.4 Å². The van der Waals surface area contributed by atoms with E-state index in [2.05, 4.69) is 73.2 Å². The number of aromatic nitrogens is 1. The van der Waals surface area contributed by atoms with Crippen LogP contribution >= 0.6 is 15.9 Å². The normalized spacial score (nSPS) is 23.1. The first-order chi connectivity index (χ1) is 19.0. The summed E-state index contributed by atoms with van der Waals surface area (Å²) in [7, 11) is 0. The minimum Gasteiger partial charge on any atom is -0.338 e. The second kappa shape index (κ2) is 11.2. The molecule has 2 amide bonds. The highest BCUT2D eigenvalue weighted by atomic mass is 79.9. The van der Waals surface area contributed by atoms with E-state index in [0.29, 0.717) is 29.9 Å². The van der Waals surface area contributed by atoms with Gasteiger partial charge >= 0.3 is 0 Å². The third-order valence-electron chi connectivity index (χ3n) is 9.08. The van der Waals surface area contributed by atoms with E-state index in [1.165, 1.54) is 11.1 Å². The van der Waals surface area contributed by atoms with E-state index >= 15 is 0 Å². The molecule has 4 heterocycles. The molecule has 1 spiro atoms. The average molecular weight is 588 g/mol. The highest BCUT2D eigenvalue weighted by Crippen LogP contribution is 2.43. The molecule has 0 N–H and O–H groups in total. The molecule has 3 fully saturated rings. The van der Waals surface area contributed by atoms with Crippen LogP contribution in [-0.4, -0.2) is 70.8 Å². The lowest BCUT2D eigenvalue weighted by Crippen LogP contribution is -2.46. The fraction of sp³-hybridized carbons (Fsp3) is 0.406. The van der Waals surface area contributed by atoms with E-state index in [1.807, 2.05) is 17.0 Å². The van der Waals surface area contributed by atoms with Crippen LogP contribution in [0.2, 0.25) is 0 Å². The Morgan fingerprint density at radius 1 is 0.897 bits per heavy atom. The van der Waals surface area contributed by atoms with E-state index in [4.69, 9.17) is 0 Å². The first-order valence-electron chi connectivity index (χ1n) is 14.0. The van der Waals surface area contributed by atoms with E-state index in [-0.39, 0.29) is 11.3 Å². The maximum Gasteiger partial charge on any atom is 0.253 e. The van der Waals surface area contributed by atoms with Gasteiger partial charge < -0.3 is 14.7 Å². The number of hydrogen-bond acceptors (Lipinski definition) is 4. The lowest BCUT2D eigenvalue weighted by molar-refractivity contribution is -0.139. The van der Waals surface area contributed by atoms with Crippen LogP contribution in [0.5, 0.6) is 0 Å². The van der Waals surface area contributed by atoms with E-state index in [0.717, 1.165) is 63.0 Å². The van der Waals surface area contributed by atoms with E-state index in [9.17, 15) is 9.59 Å². The molecule has 39 heavy (non-hydrogen) atoms. The van der Waals surface area contributed by atoms with Gasteiger partial charge in [0, 0.05) is 61.1 Å². The van der Waals surface area contributed by atoms with Gasteiger partial charge in [-0.25, -0.2) is 0 Å². The molecular weight excluding hydrogens is 552 g/mol. The van der Waals surface area contributed by atoms with Gasteiger partial charge in [0.05, 0.1) is 5.41 Å². The van der Waals surface area contributed by atoms with Crippen molar-refractivity contribution in [3.8, 4) is 0 Å². The number of rotatable bonds is 6. The Morgan fingerprint density at radius 3 is 2.31 bits per heavy atom. The van der Waals surface area contributed by atoms with Crippen molar-refractivity contribution in [3.05, 3.63) is 100 Å². The van der Waals surface area contributed by atoms with Gasteiger partial charge in [-0.2, -0.15) is 0 Å². The van der Waals surface area contributed by atoms with Crippen molar-refractivity contribution in [2.45, 2.75) is 31.7 Å². The first kappa shape index (κ1) is 26.2. The minimum atomic E-state index is -0.205. The van der Waals surface area contributed by atoms with Crippen molar-refractivity contribution < 1.29 is 9.59 Å². The van der Waals surface area contributed by atoms with Gasteiger partial charge in [0.2, 0.25) is 5.91 Å². The number of likely N-dealkylation sites (tertiary alicyclic amines) is 3. The third-order valence-corrected chi connectivity index (χ3v) is 9.61. The number of amides is 2. The van der Waals surface area contributed by atoms with Crippen molar-refractivity contribution in [1.29, 1.82) is 0 Å². The fourth-order valence-electron chi connectivity index (χ4n) is 6.79. The van der Waals surface area contributed by atoms with Crippen molar-refractivity contribution in [3.63, 3.8) is 0 Å². The quantitative estimate of drug-likeness (QED) is 0.397. The summed E-state index contributed by atoms with van der Waals surface area (Å²) in [6.07, 6.45) is 6.17. The minimum absolute atomic E-state index is 0.0841. The van der Waals surface area contributed by atoms with Crippen molar-refractivity contribution >= 4 is 27.7 Å². The number of piperidine rings is 1. The molecule has 6 rings (SSSR count). The van der Waals surface area contributed by atoms with Crippen LogP contribution in [0.1, 0.15) is 46.7 Å². The zero-order valence-corrected chi connectivity index (χ0v) is 23.8. The third kappa shape index (κ3) is 5.52. The molecule has 1 aromatic heterocycles. The van der Waals surface area contributed by atoms with E-state index < -0.39 is 0 Å². The highest BCUT2D eigenvalue weighted by molar-refractivity contribution is 9.10. The van der Waals surface area contributed by atoms with Crippen LogP contribution in [0, 0.1) is 11.3 Å². The number of nitrogens with zero attached hydrogens (tertiary/aromatic N) is 4. The van der Waals surface area contributed by atoms with Gasteiger partial charge in [-0.3, -0.25) is 14.6 Å². The largest absolute Gasteiger partial charge is 0.338 e. The highest BCUT2D eigenvalue weighted by Gasteiger charge is 2.48. The smallest absolute Gasteiger partial charge is 0.253 e. The monoisotopic (exact) mass is 586 g/mol. The molecule has 3 aliphatic heterocycles. The SMILES string of the molecule is O=C(c1ccncc1)N1CC(CN2CCC3(CC2)CCN(Cc2ccc(Br)cc2)C3=O)C(c2ccccc2)C1. The number of carbonyl (C=O) groups is 2. The van der Waals surface area contributed by atoms with Gasteiger partial charge in [0.1, 0.15) is 0 Å². The van der Waals surface area contributed by atoms with Crippen molar-refractivity contribution in [2.75, 3.05) is 39.3 Å². The Morgan fingerprint density at radius 2 is 1.59 bits per heavy atom. The zero-order chi connectivity index (χ0) is 26.8. The molecule has 0 radical (unpaired) electrons. The maximum atomic E-state index is 13.5. The van der Waals surface area contributed by atoms with Crippen LogP contribution in [0.25, 0.3) is 0 Å². The molecule has 6 nitrogen and oxygen atoms in total. The zero-order valence-electron chi connectivity index (χ0n) is 22.2. The number of halogens is 1. The summed E-state index contributed by atoms with van der Waals surface area (Å²) < 4.78 is 1.06. The van der Waals surface area contributed by atoms with Crippen LogP contribution in [-0.2, 0) is 11.3 Å². The van der Waals surface area contributed by atoms with Gasteiger partial charge in [-0.15, -0.1) is 0 Å². The Labute approximate surface area is 239 Å². The number of pyridine rings is 1. The molecule has 3 saturated heterocycles. The molecule has 202 valence electrons. The molecule has 0 bridgehead atoms. The van der Waals surface area contributed by atoms with Crippen LogP contribution < -0.4 is 0 Å². The number of carbonyl (C=O) groups excluding carboxylic acids is 2. The fourth-order valence-corrected chi connectivity index (χ4v) is 7.05. The molecule has 2 aromatic carbocycles. The average Bonchev–Trinajstić information content (AvgIpc) is 3.53.